The molecule has 0 saturated heterocycles. The molecule has 0 amide bonds. The molecule has 1 rings (SSSR count). The van der Waals surface area contributed by atoms with Crippen LogP contribution in [0.1, 0.15) is 0 Å². The van der Waals surface area contributed by atoms with Crippen LogP contribution in [0.5, 0.6) is 0 Å². The Morgan fingerprint density at radius 1 is 1.33 bits per heavy atom. The van der Waals surface area contributed by atoms with E-state index in [4.69, 9.17) is 34.8 Å². The second kappa shape index (κ2) is 1.97. The van der Waals surface area contributed by atoms with Crippen LogP contribution in [0.3, 0.4) is 0 Å². The minimum absolute atomic E-state index is 0.150. The molecule has 1 aliphatic carbocycles. The van der Waals surface area contributed by atoms with Gasteiger partial charge in [-0.25, -0.2) is 0 Å². The van der Waals surface area contributed by atoms with Crippen LogP contribution in [0.25, 0.3) is 0 Å². The van der Waals surface area contributed by atoms with Crippen LogP contribution >= 0.6 is 34.8 Å². The molecule has 0 aromatic carbocycles. The lowest BCUT2D eigenvalue weighted by Gasteiger charge is -2.30. The first-order valence-electron chi connectivity index (χ1n) is 2.05. The fraction of sp³-hybridized carbons (Fsp3) is 0.500. The predicted octanol–water partition coefficient (Wildman–Crippen LogP) is 2.93. The Balaban J connectivity index is 2.92. The number of rotatable bonds is 0. The summed E-state index contributed by atoms with van der Waals surface area (Å²) in [6, 6.07) is 0. The quantitative estimate of drug-likeness (QED) is 0.519. The summed E-state index contributed by atoms with van der Waals surface area (Å²) in [6.45, 7) is 0. The second-order valence-electron chi connectivity index (χ2n) is 1.65. The molecular formula is C4HCl3F2. The van der Waals surface area contributed by atoms with E-state index >= 15 is 0 Å². The summed E-state index contributed by atoms with van der Waals surface area (Å²) in [6.07, 6.45) is 0. The van der Waals surface area contributed by atoms with Crippen molar-refractivity contribution in [2.45, 2.75) is 11.3 Å². The molecule has 0 aromatic heterocycles. The summed E-state index contributed by atoms with van der Waals surface area (Å²) in [7, 11) is 0. The van der Waals surface area contributed by atoms with E-state index in [-0.39, 0.29) is 5.03 Å². The first kappa shape index (κ1) is 7.58. The molecular weight excluding hydrogens is 192 g/mol. The van der Waals surface area contributed by atoms with Crippen LogP contribution in [0.15, 0.2) is 10.1 Å². The van der Waals surface area contributed by atoms with Gasteiger partial charge < -0.3 is 0 Å². The van der Waals surface area contributed by atoms with Gasteiger partial charge in [-0.1, -0.05) is 23.2 Å². The SMILES string of the molecule is FC1(F)C(Cl)=C(Cl)C1Cl. The van der Waals surface area contributed by atoms with Gasteiger partial charge in [-0.15, -0.1) is 11.6 Å². The van der Waals surface area contributed by atoms with Crippen molar-refractivity contribution in [3.63, 3.8) is 0 Å². The Bertz CT molecular complexity index is 175. The summed E-state index contributed by atoms with van der Waals surface area (Å²) in [5.74, 6) is -3.11. The van der Waals surface area contributed by atoms with Crippen molar-refractivity contribution in [3.8, 4) is 0 Å². The fourth-order valence-corrected chi connectivity index (χ4v) is 1.27. The number of alkyl halides is 3. The topological polar surface area (TPSA) is 0 Å². The Morgan fingerprint density at radius 3 is 1.89 bits per heavy atom. The fourth-order valence-electron chi connectivity index (χ4n) is 0.463. The predicted molar refractivity (Wildman–Crippen MR) is 33.3 cm³/mol. The maximum Gasteiger partial charge on any atom is 0.305 e. The summed E-state index contributed by atoms with van der Waals surface area (Å²) in [4.78, 5) is 0. The highest BCUT2D eigenvalue weighted by molar-refractivity contribution is 6.47. The second-order valence-corrected chi connectivity index (χ2v) is 2.87. The van der Waals surface area contributed by atoms with Gasteiger partial charge in [0.2, 0.25) is 0 Å². The van der Waals surface area contributed by atoms with Crippen molar-refractivity contribution in [1.29, 1.82) is 0 Å². The monoisotopic (exact) mass is 192 g/mol. The highest BCUT2D eigenvalue weighted by Crippen LogP contribution is 2.50. The minimum atomic E-state index is -3.11. The first-order chi connectivity index (χ1) is 3.98. The Labute approximate surface area is 65.4 Å². The molecule has 1 unspecified atom stereocenters. The third-order valence-corrected chi connectivity index (χ3v) is 2.61. The molecule has 5 heteroatoms. The molecule has 0 spiro atoms. The summed E-state index contributed by atoms with van der Waals surface area (Å²) in [5.41, 5.74) is 0. The van der Waals surface area contributed by atoms with Crippen LogP contribution in [0.4, 0.5) is 8.78 Å². The molecule has 1 atom stereocenters. The summed E-state index contributed by atoms with van der Waals surface area (Å²) < 4.78 is 24.3. The van der Waals surface area contributed by atoms with Gasteiger partial charge in [-0.3, -0.25) is 0 Å². The zero-order valence-electron chi connectivity index (χ0n) is 3.97. The van der Waals surface area contributed by atoms with E-state index in [2.05, 4.69) is 0 Å². The number of hydrogen-bond donors (Lipinski definition) is 0. The van der Waals surface area contributed by atoms with Gasteiger partial charge in [0, 0.05) is 0 Å². The number of halogens is 5. The van der Waals surface area contributed by atoms with E-state index in [1.54, 1.807) is 0 Å². The van der Waals surface area contributed by atoms with E-state index in [1.165, 1.54) is 0 Å². The molecule has 0 aliphatic heterocycles. The lowest BCUT2D eigenvalue weighted by Crippen LogP contribution is -2.39. The summed E-state index contributed by atoms with van der Waals surface area (Å²) in [5, 5.41) is -2.21. The highest BCUT2D eigenvalue weighted by atomic mass is 35.5. The van der Waals surface area contributed by atoms with Gasteiger partial charge in [-0.2, -0.15) is 8.78 Å². The molecule has 0 fully saturated rings. The van der Waals surface area contributed by atoms with Crippen molar-refractivity contribution in [3.05, 3.63) is 10.1 Å². The Morgan fingerprint density at radius 2 is 1.78 bits per heavy atom. The third kappa shape index (κ3) is 0.846. The van der Waals surface area contributed by atoms with Crippen LogP contribution < -0.4 is 0 Å². The van der Waals surface area contributed by atoms with Crippen molar-refractivity contribution in [2.75, 3.05) is 0 Å². The van der Waals surface area contributed by atoms with Crippen molar-refractivity contribution in [1.82, 2.24) is 0 Å². The average molecular weight is 193 g/mol. The van der Waals surface area contributed by atoms with Gasteiger partial charge in [0.25, 0.3) is 0 Å². The zero-order chi connectivity index (χ0) is 7.23. The molecule has 0 nitrogen and oxygen atoms in total. The maximum absolute atomic E-state index is 12.2. The van der Waals surface area contributed by atoms with Crippen LogP contribution in [0.2, 0.25) is 0 Å². The standard InChI is InChI=1S/C4HCl3F2/c5-1-2(6)4(8,9)3(1)7/h2H. The van der Waals surface area contributed by atoms with E-state index < -0.39 is 16.3 Å². The molecule has 0 aromatic rings. The van der Waals surface area contributed by atoms with E-state index in [0.717, 1.165) is 0 Å². The molecule has 0 N–H and O–H groups in total. The first-order valence-corrected chi connectivity index (χ1v) is 3.24. The Hall–Kier alpha value is 0.470. The molecule has 0 saturated carbocycles. The van der Waals surface area contributed by atoms with Gasteiger partial charge in [0.15, 0.2) is 0 Å². The van der Waals surface area contributed by atoms with Crippen LogP contribution in [-0.4, -0.2) is 11.3 Å². The average Bonchev–Trinajstić information content (AvgIpc) is 1.84. The molecule has 52 valence electrons. The van der Waals surface area contributed by atoms with Gasteiger partial charge in [0.05, 0.1) is 5.03 Å². The molecule has 9 heavy (non-hydrogen) atoms. The van der Waals surface area contributed by atoms with E-state index in [1.807, 2.05) is 0 Å². The van der Waals surface area contributed by atoms with Gasteiger partial charge in [0.1, 0.15) is 10.4 Å². The normalized spacial score (nSPS) is 32.3. The smallest absolute Gasteiger partial charge is 0.198 e. The number of hydrogen-bond acceptors (Lipinski definition) is 0. The third-order valence-electron chi connectivity index (χ3n) is 1.04. The van der Waals surface area contributed by atoms with Crippen molar-refractivity contribution in [2.24, 2.45) is 0 Å². The van der Waals surface area contributed by atoms with Crippen molar-refractivity contribution < 1.29 is 8.78 Å². The Kier molecular flexibility index (Phi) is 1.66. The minimum Gasteiger partial charge on any atom is -0.198 e. The molecule has 0 bridgehead atoms. The maximum atomic E-state index is 12.2. The van der Waals surface area contributed by atoms with Crippen molar-refractivity contribution >= 4 is 34.8 Å². The zero-order valence-corrected chi connectivity index (χ0v) is 6.23. The lowest BCUT2D eigenvalue weighted by atomic mass is 10.1. The lowest BCUT2D eigenvalue weighted by molar-refractivity contribution is 0.0360. The van der Waals surface area contributed by atoms with Crippen LogP contribution in [0, 0.1) is 0 Å². The van der Waals surface area contributed by atoms with E-state index in [0.29, 0.717) is 0 Å². The van der Waals surface area contributed by atoms with Crippen LogP contribution in [-0.2, 0) is 0 Å². The largest absolute Gasteiger partial charge is 0.305 e. The molecule has 0 heterocycles. The van der Waals surface area contributed by atoms with Gasteiger partial charge in [-0.05, 0) is 0 Å². The molecule has 0 radical (unpaired) electrons. The van der Waals surface area contributed by atoms with Gasteiger partial charge >= 0.3 is 5.92 Å². The highest BCUT2D eigenvalue weighted by Gasteiger charge is 2.54. The molecule has 1 aliphatic rings. The van der Waals surface area contributed by atoms with E-state index in [9.17, 15) is 8.78 Å². The summed E-state index contributed by atoms with van der Waals surface area (Å²) >= 11 is 15.2. The number of allylic oxidation sites excluding steroid dienone is 2.